The van der Waals surface area contributed by atoms with Gasteiger partial charge in [0.05, 0.1) is 6.54 Å². The second-order valence-electron chi connectivity index (χ2n) is 8.29. The fraction of sp³-hybridized carbons (Fsp3) is 0.360. The molecule has 1 unspecified atom stereocenters. The fourth-order valence-electron chi connectivity index (χ4n) is 3.85. The molecule has 1 atom stereocenters. The summed E-state index contributed by atoms with van der Waals surface area (Å²) < 4.78 is 11.3. The maximum atomic E-state index is 12.7. The average molecular weight is 483 g/mol. The number of rotatable bonds is 6. The van der Waals surface area contributed by atoms with E-state index in [1.165, 1.54) is 11.3 Å². The third-order valence-electron chi connectivity index (χ3n) is 5.50. The van der Waals surface area contributed by atoms with Gasteiger partial charge in [0, 0.05) is 36.8 Å². The van der Waals surface area contributed by atoms with E-state index in [0.717, 1.165) is 32.9 Å². The standard InChI is InChI=1S/C23H26N4O4.C2H4O2/c24-21(25)16-6-4-8-18(12-16)27-14-20(31-23(27)29)15-30-19-9-5-7-17(13-19)22(28)26-10-2-1-3-11-26;1-2(3)4/h4-9,12-13,20H,1-3,10-11,14-15H2,(H3,24,25);1H3,(H,3,4). The number of nitrogen functional groups attached to an aromatic ring is 1. The molecule has 0 spiro atoms. The lowest BCUT2D eigenvalue weighted by molar-refractivity contribution is -0.134. The Hall–Kier alpha value is -4.08. The highest BCUT2D eigenvalue weighted by atomic mass is 16.6. The van der Waals surface area contributed by atoms with Crippen LogP contribution in [0.15, 0.2) is 48.5 Å². The zero-order valence-electron chi connectivity index (χ0n) is 19.6. The van der Waals surface area contributed by atoms with Crippen molar-refractivity contribution in [2.24, 2.45) is 5.73 Å². The van der Waals surface area contributed by atoms with Crippen molar-refractivity contribution in [1.82, 2.24) is 4.90 Å². The molecule has 4 N–H and O–H groups in total. The van der Waals surface area contributed by atoms with Gasteiger partial charge in [-0.15, -0.1) is 0 Å². The van der Waals surface area contributed by atoms with Crippen molar-refractivity contribution in [1.29, 1.82) is 5.41 Å². The molecule has 4 rings (SSSR count). The number of nitrogens with zero attached hydrogens (tertiary/aromatic N) is 2. The number of anilines is 1. The van der Waals surface area contributed by atoms with Crippen molar-refractivity contribution < 1.29 is 29.0 Å². The lowest BCUT2D eigenvalue weighted by atomic mass is 10.1. The number of carbonyl (C=O) groups is 3. The van der Waals surface area contributed by atoms with Gasteiger partial charge in [0.2, 0.25) is 0 Å². The maximum Gasteiger partial charge on any atom is 0.414 e. The predicted octanol–water partition coefficient (Wildman–Crippen LogP) is 3.09. The number of amides is 2. The number of hydrogen-bond donors (Lipinski definition) is 3. The van der Waals surface area contributed by atoms with Crippen molar-refractivity contribution in [3.8, 4) is 5.75 Å². The number of carboxylic acids is 1. The van der Waals surface area contributed by atoms with Gasteiger partial charge in [-0.25, -0.2) is 4.79 Å². The Morgan fingerprint density at radius 2 is 1.77 bits per heavy atom. The molecule has 10 heteroatoms. The zero-order valence-corrected chi connectivity index (χ0v) is 19.6. The van der Waals surface area contributed by atoms with Crippen LogP contribution in [0.5, 0.6) is 5.75 Å². The molecule has 2 aromatic rings. The third-order valence-corrected chi connectivity index (χ3v) is 5.50. The summed E-state index contributed by atoms with van der Waals surface area (Å²) in [6, 6.07) is 14.0. The summed E-state index contributed by atoms with van der Waals surface area (Å²) in [5, 5.41) is 15.0. The largest absolute Gasteiger partial charge is 0.490 e. The molecule has 0 saturated carbocycles. The van der Waals surface area contributed by atoms with Crippen LogP contribution in [0.1, 0.15) is 42.1 Å². The number of benzene rings is 2. The second-order valence-corrected chi connectivity index (χ2v) is 8.29. The Balaban J connectivity index is 0.000000795. The van der Waals surface area contributed by atoms with Crippen LogP contribution in [-0.2, 0) is 9.53 Å². The highest BCUT2D eigenvalue weighted by Crippen LogP contribution is 2.24. The normalized spacial score (nSPS) is 17.2. The van der Waals surface area contributed by atoms with E-state index in [2.05, 4.69) is 0 Å². The van der Waals surface area contributed by atoms with Crippen LogP contribution < -0.4 is 15.4 Å². The van der Waals surface area contributed by atoms with Gasteiger partial charge in [0.15, 0.2) is 6.10 Å². The first kappa shape index (κ1) is 25.5. The number of nitrogens with one attached hydrogen (secondary N) is 1. The first-order valence-corrected chi connectivity index (χ1v) is 11.4. The van der Waals surface area contributed by atoms with Gasteiger partial charge in [-0.3, -0.25) is 19.9 Å². The molecule has 0 bridgehead atoms. The number of aliphatic carboxylic acids is 1. The summed E-state index contributed by atoms with van der Waals surface area (Å²) in [6.07, 6.45) is 2.34. The number of hydrogen-bond acceptors (Lipinski definition) is 6. The minimum atomic E-state index is -0.833. The Labute approximate surface area is 203 Å². The van der Waals surface area contributed by atoms with Crippen molar-refractivity contribution >= 4 is 29.5 Å². The maximum absolute atomic E-state index is 12.7. The van der Waals surface area contributed by atoms with Crippen molar-refractivity contribution in [3.05, 3.63) is 59.7 Å². The van der Waals surface area contributed by atoms with Crippen LogP contribution in [0.3, 0.4) is 0 Å². The van der Waals surface area contributed by atoms with Gasteiger partial charge < -0.3 is 25.2 Å². The van der Waals surface area contributed by atoms with Gasteiger partial charge in [0.1, 0.15) is 18.2 Å². The van der Waals surface area contributed by atoms with Gasteiger partial charge in [-0.05, 0) is 49.6 Å². The Morgan fingerprint density at radius 3 is 2.46 bits per heavy atom. The topological polar surface area (TPSA) is 146 Å². The number of amidine groups is 1. The smallest absolute Gasteiger partial charge is 0.414 e. The molecule has 0 aliphatic carbocycles. The van der Waals surface area contributed by atoms with Gasteiger partial charge in [-0.1, -0.05) is 18.2 Å². The highest BCUT2D eigenvalue weighted by molar-refractivity contribution is 5.97. The van der Waals surface area contributed by atoms with E-state index in [1.807, 2.05) is 4.90 Å². The minimum Gasteiger partial charge on any atom is -0.490 e. The number of carbonyl (C=O) groups excluding carboxylic acids is 2. The summed E-state index contributed by atoms with van der Waals surface area (Å²) in [4.78, 5) is 37.4. The van der Waals surface area contributed by atoms with Gasteiger partial charge in [-0.2, -0.15) is 0 Å². The summed E-state index contributed by atoms with van der Waals surface area (Å²) in [5.74, 6) is -0.307. The van der Waals surface area contributed by atoms with Crippen molar-refractivity contribution in [3.63, 3.8) is 0 Å². The molecule has 2 aliphatic rings. The lowest BCUT2D eigenvalue weighted by Gasteiger charge is -2.26. The molecular weight excluding hydrogens is 452 g/mol. The number of cyclic esters (lactones) is 1. The predicted molar refractivity (Wildman–Crippen MR) is 130 cm³/mol. The molecule has 0 aromatic heterocycles. The molecular formula is C25H30N4O6. The lowest BCUT2D eigenvalue weighted by Crippen LogP contribution is -2.35. The molecule has 2 heterocycles. The molecule has 2 saturated heterocycles. The van der Waals surface area contributed by atoms with E-state index < -0.39 is 18.2 Å². The fourth-order valence-corrected chi connectivity index (χ4v) is 3.85. The van der Waals surface area contributed by atoms with Crippen LogP contribution in [0.4, 0.5) is 10.5 Å². The molecule has 186 valence electrons. The van der Waals surface area contributed by atoms with E-state index >= 15 is 0 Å². The third kappa shape index (κ3) is 7.20. The Kier molecular flexibility index (Phi) is 8.66. The molecule has 2 fully saturated rings. The minimum absolute atomic E-state index is 0.0222. The highest BCUT2D eigenvalue weighted by Gasteiger charge is 2.33. The molecule has 2 aliphatic heterocycles. The summed E-state index contributed by atoms with van der Waals surface area (Å²) in [5.41, 5.74) is 7.30. The Bertz CT molecular complexity index is 1080. The summed E-state index contributed by atoms with van der Waals surface area (Å²) in [7, 11) is 0. The van der Waals surface area contributed by atoms with E-state index in [9.17, 15) is 9.59 Å². The number of likely N-dealkylation sites (tertiary alicyclic amines) is 1. The van der Waals surface area contributed by atoms with Crippen LogP contribution >= 0.6 is 0 Å². The van der Waals surface area contributed by atoms with E-state index in [4.69, 9.17) is 30.5 Å². The van der Waals surface area contributed by atoms with Crippen LogP contribution in [0.25, 0.3) is 0 Å². The van der Waals surface area contributed by atoms with Crippen LogP contribution in [0.2, 0.25) is 0 Å². The van der Waals surface area contributed by atoms with Crippen molar-refractivity contribution in [2.45, 2.75) is 32.3 Å². The molecule has 10 nitrogen and oxygen atoms in total. The Morgan fingerprint density at radius 1 is 1.11 bits per heavy atom. The quantitative estimate of drug-likeness (QED) is 0.423. The zero-order chi connectivity index (χ0) is 25.4. The van der Waals surface area contributed by atoms with Crippen LogP contribution in [0, 0.1) is 5.41 Å². The summed E-state index contributed by atoms with van der Waals surface area (Å²) >= 11 is 0. The SMILES string of the molecule is CC(=O)O.N=C(N)c1cccc(N2CC(COc3cccc(C(=O)N4CCCCC4)c3)OC2=O)c1. The number of nitrogens with two attached hydrogens (primary N) is 1. The summed E-state index contributed by atoms with van der Waals surface area (Å²) in [6.45, 7) is 3.17. The molecule has 2 aromatic carbocycles. The first-order valence-electron chi connectivity index (χ1n) is 11.4. The number of ether oxygens (including phenoxy) is 2. The molecule has 0 radical (unpaired) electrons. The monoisotopic (exact) mass is 482 g/mol. The van der Waals surface area contributed by atoms with Gasteiger partial charge in [0.25, 0.3) is 11.9 Å². The van der Waals surface area contributed by atoms with E-state index in [1.54, 1.807) is 48.5 Å². The van der Waals surface area contributed by atoms with E-state index in [-0.39, 0.29) is 18.3 Å². The number of piperidine rings is 1. The second kappa shape index (κ2) is 11.9. The van der Waals surface area contributed by atoms with Crippen molar-refractivity contribution in [2.75, 3.05) is 31.1 Å². The molecule has 35 heavy (non-hydrogen) atoms. The van der Waals surface area contributed by atoms with E-state index in [0.29, 0.717) is 29.1 Å². The first-order chi connectivity index (χ1) is 16.7. The van der Waals surface area contributed by atoms with Crippen LogP contribution in [-0.4, -0.2) is 66.2 Å². The molecule has 2 amide bonds. The number of carboxylic acid groups (broad SMARTS) is 1. The van der Waals surface area contributed by atoms with Gasteiger partial charge >= 0.3 is 6.09 Å². The average Bonchev–Trinajstić information content (AvgIpc) is 3.23.